The second kappa shape index (κ2) is 16.9. The lowest BCUT2D eigenvalue weighted by molar-refractivity contribution is -0.139. The van der Waals surface area contributed by atoms with Crippen molar-refractivity contribution in [3.05, 3.63) is 89.0 Å². The number of aliphatic hydroxyl groups is 1. The second-order valence-electron chi connectivity index (χ2n) is 13.4. The fourth-order valence-electron chi connectivity index (χ4n) is 6.17. The van der Waals surface area contributed by atoms with Crippen LogP contribution in [0.5, 0.6) is 0 Å². The van der Waals surface area contributed by atoms with Crippen molar-refractivity contribution >= 4 is 23.0 Å². The van der Waals surface area contributed by atoms with Gasteiger partial charge in [-0.3, -0.25) is 14.4 Å². The lowest BCUT2D eigenvalue weighted by atomic mass is 9.76. The van der Waals surface area contributed by atoms with Crippen molar-refractivity contribution in [3.8, 4) is 0 Å². The zero-order valence-electron chi connectivity index (χ0n) is 27.5. The summed E-state index contributed by atoms with van der Waals surface area (Å²) < 4.78 is 29.2. The zero-order valence-corrected chi connectivity index (χ0v) is 27.5. The molecule has 0 spiro atoms. The number of carbonyl (C=O) groups excluding carboxylic acids is 3. The van der Waals surface area contributed by atoms with Gasteiger partial charge in [-0.15, -0.1) is 0 Å². The van der Waals surface area contributed by atoms with Gasteiger partial charge in [-0.05, 0) is 72.6 Å². The highest BCUT2D eigenvalue weighted by atomic mass is 19.1. The van der Waals surface area contributed by atoms with Crippen LogP contribution < -0.4 is 11.5 Å². The van der Waals surface area contributed by atoms with Gasteiger partial charge in [-0.25, -0.2) is 8.78 Å². The van der Waals surface area contributed by atoms with Crippen molar-refractivity contribution in [2.24, 2.45) is 28.7 Å². The molecular formula is C37H49F2N3O4. The van der Waals surface area contributed by atoms with Crippen LogP contribution in [-0.2, 0) is 20.8 Å². The summed E-state index contributed by atoms with van der Waals surface area (Å²) in [6.45, 7) is 7.53. The first-order valence-corrected chi connectivity index (χ1v) is 16.1. The van der Waals surface area contributed by atoms with Crippen molar-refractivity contribution in [1.29, 1.82) is 0 Å². The molecule has 2 unspecified atom stereocenters. The monoisotopic (exact) mass is 637 g/mol. The Hall–Kier alpha value is -3.53. The highest BCUT2D eigenvalue weighted by Crippen LogP contribution is 2.42. The fraction of sp³-hybridized carbons (Fsp3) is 0.486. The minimum absolute atomic E-state index is 0.0491. The summed E-state index contributed by atoms with van der Waals surface area (Å²) in [4.78, 5) is 40.6. The number of amides is 1. The van der Waals surface area contributed by atoms with Crippen LogP contribution >= 0.6 is 0 Å². The van der Waals surface area contributed by atoms with E-state index in [0.717, 1.165) is 42.2 Å². The number of halogens is 2. The first-order chi connectivity index (χ1) is 21.8. The molecular weight excluding hydrogens is 588 g/mol. The molecule has 3 rings (SSSR count). The van der Waals surface area contributed by atoms with Gasteiger partial charge in [0.2, 0.25) is 5.91 Å². The number of Topliss-reactive ketones (excluding diaryl/α,β-unsaturated/α-hetero) is 2. The molecule has 0 radical (unpaired) electrons. The number of unbranched alkanes of at least 4 members (excludes halogenated alkanes) is 1. The van der Waals surface area contributed by atoms with Crippen LogP contribution in [0.3, 0.4) is 0 Å². The topological polar surface area (TPSA) is 127 Å². The molecule has 1 aliphatic carbocycles. The molecule has 7 nitrogen and oxygen atoms in total. The van der Waals surface area contributed by atoms with Gasteiger partial charge < -0.3 is 21.5 Å². The third-order valence-corrected chi connectivity index (χ3v) is 8.66. The van der Waals surface area contributed by atoms with Crippen LogP contribution in [0.15, 0.2) is 66.3 Å². The van der Waals surface area contributed by atoms with E-state index in [2.05, 4.69) is 0 Å². The van der Waals surface area contributed by atoms with Gasteiger partial charge in [0.05, 0.1) is 18.5 Å². The van der Waals surface area contributed by atoms with Gasteiger partial charge in [0.1, 0.15) is 24.0 Å². The summed E-state index contributed by atoms with van der Waals surface area (Å²) in [5.41, 5.74) is 13.7. The zero-order chi connectivity index (χ0) is 34.0. The number of allylic oxidation sites excluding steroid dienone is 3. The molecule has 4 atom stereocenters. The van der Waals surface area contributed by atoms with E-state index in [1.807, 2.05) is 63.3 Å². The Morgan fingerprint density at radius 1 is 1.00 bits per heavy atom. The molecule has 1 amide bonds. The molecule has 46 heavy (non-hydrogen) atoms. The van der Waals surface area contributed by atoms with E-state index in [1.54, 1.807) is 6.92 Å². The van der Waals surface area contributed by atoms with Crippen molar-refractivity contribution in [2.45, 2.75) is 78.3 Å². The Labute approximate surface area is 271 Å². The van der Waals surface area contributed by atoms with Gasteiger partial charge >= 0.3 is 0 Å². The van der Waals surface area contributed by atoms with E-state index < -0.39 is 47.4 Å². The van der Waals surface area contributed by atoms with Crippen LogP contribution in [-0.4, -0.2) is 59.3 Å². The Balaban J connectivity index is 1.92. The number of benzene rings is 2. The molecule has 0 aliphatic heterocycles. The van der Waals surface area contributed by atoms with E-state index in [9.17, 15) is 28.3 Å². The van der Waals surface area contributed by atoms with Crippen molar-refractivity contribution in [2.75, 3.05) is 19.7 Å². The number of nitrogens with zero attached hydrogens (tertiary/aromatic N) is 1. The predicted octanol–water partition coefficient (Wildman–Crippen LogP) is 5.39. The fourth-order valence-corrected chi connectivity index (χ4v) is 6.17. The summed E-state index contributed by atoms with van der Waals surface area (Å²) in [5.74, 6) is -2.79. The lowest BCUT2D eigenvalue weighted by Crippen LogP contribution is -2.52. The van der Waals surface area contributed by atoms with Crippen LogP contribution in [0.2, 0.25) is 0 Å². The Bertz CT molecular complexity index is 1420. The van der Waals surface area contributed by atoms with Crippen LogP contribution in [0.25, 0.3) is 5.57 Å². The number of hydrogen-bond donors (Lipinski definition) is 3. The van der Waals surface area contributed by atoms with Crippen LogP contribution in [0.1, 0.15) is 70.9 Å². The van der Waals surface area contributed by atoms with Gasteiger partial charge in [-0.2, -0.15) is 0 Å². The molecule has 9 heteroatoms. The summed E-state index contributed by atoms with van der Waals surface area (Å²) >= 11 is 0. The normalized spacial score (nSPS) is 16.8. The van der Waals surface area contributed by atoms with Crippen molar-refractivity contribution in [3.63, 3.8) is 0 Å². The Morgan fingerprint density at radius 3 is 2.33 bits per heavy atom. The van der Waals surface area contributed by atoms with E-state index in [-0.39, 0.29) is 42.6 Å². The molecule has 0 bridgehead atoms. The molecule has 2 aromatic carbocycles. The van der Waals surface area contributed by atoms with Gasteiger partial charge in [0, 0.05) is 23.9 Å². The number of ketones is 2. The third-order valence-electron chi connectivity index (χ3n) is 8.66. The first-order valence-electron chi connectivity index (χ1n) is 16.1. The minimum atomic E-state index is -0.984. The average Bonchev–Trinajstić information content (AvgIpc) is 3.41. The van der Waals surface area contributed by atoms with Crippen molar-refractivity contribution in [1.82, 2.24) is 4.90 Å². The number of rotatable bonds is 17. The van der Waals surface area contributed by atoms with Gasteiger partial charge in [-0.1, -0.05) is 76.6 Å². The molecule has 5 N–H and O–H groups in total. The second-order valence-corrected chi connectivity index (χ2v) is 13.4. The maximum Gasteiger partial charge on any atom is 0.248 e. The van der Waals surface area contributed by atoms with Gasteiger partial charge in [0.15, 0.2) is 5.78 Å². The summed E-state index contributed by atoms with van der Waals surface area (Å²) in [6.07, 6.45) is 6.33. The van der Waals surface area contributed by atoms with Gasteiger partial charge in [0.25, 0.3) is 0 Å². The molecule has 0 fully saturated rings. The molecule has 1 aliphatic rings. The molecule has 0 saturated carbocycles. The van der Waals surface area contributed by atoms with E-state index in [1.165, 1.54) is 4.90 Å². The maximum atomic E-state index is 15.0. The highest BCUT2D eigenvalue weighted by molar-refractivity contribution is 6.02. The Kier molecular flexibility index (Phi) is 13.5. The smallest absolute Gasteiger partial charge is 0.248 e. The molecule has 0 saturated heterocycles. The van der Waals surface area contributed by atoms with E-state index >= 15 is 0 Å². The standard InChI is InChI=1S/C37H49F2N3O4/c1-24(10-8-9-16-40)33(44)22-34(45)32(41)15-17-42(35(46)23-43)36(37(2,3)4)30-20-27(29-21-28(38)13-14-31(29)39)19-26(30)18-25-11-6-5-7-12-25/h5-7,11-14,19-21,24,26,32,36,43H,8-10,15-18,22-23,40-41H2,1-4H3/t24?,26?,32-,36-/m0/s1. The van der Waals surface area contributed by atoms with Crippen molar-refractivity contribution < 1.29 is 28.3 Å². The largest absolute Gasteiger partial charge is 0.387 e. The average molecular weight is 638 g/mol. The lowest BCUT2D eigenvalue weighted by Gasteiger charge is -2.43. The molecule has 0 heterocycles. The minimum Gasteiger partial charge on any atom is -0.387 e. The number of nitrogens with two attached hydrogens (primary N) is 2. The van der Waals surface area contributed by atoms with E-state index in [0.29, 0.717) is 25.0 Å². The first kappa shape index (κ1) is 36.9. The predicted molar refractivity (Wildman–Crippen MR) is 177 cm³/mol. The summed E-state index contributed by atoms with van der Waals surface area (Å²) in [5, 5.41) is 10.0. The molecule has 250 valence electrons. The highest BCUT2D eigenvalue weighted by Gasteiger charge is 2.40. The quantitative estimate of drug-likeness (QED) is 0.158. The maximum absolute atomic E-state index is 15.0. The number of carbonyl (C=O) groups is 3. The summed E-state index contributed by atoms with van der Waals surface area (Å²) in [6, 6.07) is 11.5. The van der Waals surface area contributed by atoms with Crippen LogP contribution in [0.4, 0.5) is 8.78 Å². The van der Waals surface area contributed by atoms with Crippen LogP contribution in [0, 0.1) is 28.9 Å². The SMILES string of the molecule is CC(CCCCN)C(=O)CC(=O)[C@@H](N)CCN(C(=O)CO)[C@@H](C1=CC(c2cc(F)ccc2F)=CC1Cc1ccccc1)C(C)(C)C. The summed E-state index contributed by atoms with van der Waals surface area (Å²) in [7, 11) is 0. The molecule has 2 aromatic rings. The number of aliphatic hydroxyl groups excluding tert-OH is 1. The molecule has 0 aromatic heterocycles. The third kappa shape index (κ3) is 9.98. The number of hydrogen-bond acceptors (Lipinski definition) is 6. The Morgan fingerprint density at radius 2 is 1.70 bits per heavy atom. The van der Waals surface area contributed by atoms with E-state index in [4.69, 9.17) is 11.5 Å².